The van der Waals surface area contributed by atoms with Crippen LogP contribution < -0.4 is 4.74 Å². The van der Waals surface area contributed by atoms with Crippen LogP contribution in [0.15, 0.2) is 24.3 Å². The summed E-state index contributed by atoms with van der Waals surface area (Å²) in [5, 5.41) is 0. The maximum atomic E-state index is 5.74. The Morgan fingerprint density at radius 3 is 3.00 bits per heavy atom. The molecule has 0 aliphatic carbocycles. The van der Waals surface area contributed by atoms with Crippen LogP contribution in [-0.4, -0.2) is 17.1 Å². The summed E-state index contributed by atoms with van der Waals surface area (Å²) in [7, 11) is 0. The van der Waals surface area contributed by atoms with E-state index in [0.717, 1.165) is 18.1 Å². The highest BCUT2D eigenvalue weighted by Crippen LogP contribution is 2.38. The molecule has 2 heteroatoms. The molecular formula is C12H15OS. The fourth-order valence-electron chi connectivity index (χ4n) is 1.74. The lowest BCUT2D eigenvalue weighted by Crippen LogP contribution is -2.34. The molecule has 2 rings (SSSR count). The SMILES string of the molecule is CCSC1(C)[CH]c2ccccc2OC1. The highest BCUT2D eigenvalue weighted by molar-refractivity contribution is 8.00. The molecule has 1 aliphatic rings. The zero-order chi connectivity index (χ0) is 10.0. The Morgan fingerprint density at radius 2 is 2.21 bits per heavy atom. The van der Waals surface area contributed by atoms with Crippen molar-refractivity contribution in [1.29, 1.82) is 0 Å². The van der Waals surface area contributed by atoms with E-state index in [1.54, 1.807) is 0 Å². The van der Waals surface area contributed by atoms with Crippen molar-refractivity contribution in [2.75, 3.05) is 12.4 Å². The standard InChI is InChI=1S/C12H15OS/c1-3-14-12(2)8-10-6-4-5-7-11(10)13-9-12/h4-8H,3,9H2,1-2H3. The summed E-state index contributed by atoms with van der Waals surface area (Å²) in [6.45, 7) is 5.20. The van der Waals surface area contributed by atoms with Crippen LogP contribution in [0.5, 0.6) is 5.75 Å². The van der Waals surface area contributed by atoms with Gasteiger partial charge in [-0.15, -0.1) is 0 Å². The molecular weight excluding hydrogens is 192 g/mol. The van der Waals surface area contributed by atoms with Gasteiger partial charge < -0.3 is 4.74 Å². The smallest absolute Gasteiger partial charge is 0.122 e. The van der Waals surface area contributed by atoms with Crippen LogP contribution >= 0.6 is 11.8 Å². The number of thioether (sulfide) groups is 1. The Kier molecular flexibility index (Phi) is 2.73. The summed E-state index contributed by atoms with van der Waals surface area (Å²) in [5.41, 5.74) is 1.22. The number of rotatable bonds is 2. The van der Waals surface area contributed by atoms with Crippen LogP contribution in [0.4, 0.5) is 0 Å². The van der Waals surface area contributed by atoms with Crippen molar-refractivity contribution < 1.29 is 4.74 Å². The van der Waals surface area contributed by atoms with E-state index in [4.69, 9.17) is 4.74 Å². The first-order valence-electron chi connectivity index (χ1n) is 4.95. The van der Waals surface area contributed by atoms with Gasteiger partial charge in [0, 0.05) is 6.42 Å². The molecule has 75 valence electrons. The molecule has 0 spiro atoms. The first-order chi connectivity index (χ1) is 6.73. The Labute approximate surface area is 89.9 Å². The molecule has 1 radical (unpaired) electrons. The third-order valence-corrected chi connectivity index (χ3v) is 3.55. The van der Waals surface area contributed by atoms with E-state index in [-0.39, 0.29) is 4.75 Å². The Morgan fingerprint density at radius 1 is 1.43 bits per heavy atom. The highest BCUT2D eigenvalue weighted by Gasteiger charge is 2.31. The van der Waals surface area contributed by atoms with Crippen LogP contribution in [0.2, 0.25) is 0 Å². The Hall–Kier alpha value is -0.630. The summed E-state index contributed by atoms with van der Waals surface area (Å²) >= 11 is 1.94. The number of benzene rings is 1. The summed E-state index contributed by atoms with van der Waals surface area (Å²) in [4.78, 5) is 0. The van der Waals surface area contributed by atoms with Crippen molar-refractivity contribution in [2.45, 2.75) is 18.6 Å². The van der Waals surface area contributed by atoms with E-state index in [2.05, 4.69) is 32.4 Å². The maximum Gasteiger partial charge on any atom is 0.122 e. The third kappa shape index (κ3) is 1.90. The fourth-order valence-corrected chi connectivity index (χ4v) is 2.75. The normalized spacial score (nSPS) is 25.3. The van der Waals surface area contributed by atoms with Crippen LogP contribution in [0.3, 0.4) is 0 Å². The molecule has 1 unspecified atom stereocenters. The van der Waals surface area contributed by atoms with Crippen LogP contribution in [0.25, 0.3) is 0 Å². The number of hydrogen-bond donors (Lipinski definition) is 0. The highest BCUT2D eigenvalue weighted by atomic mass is 32.2. The van der Waals surface area contributed by atoms with Gasteiger partial charge in [0.05, 0.1) is 4.75 Å². The van der Waals surface area contributed by atoms with Crippen molar-refractivity contribution in [3.63, 3.8) is 0 Å². The Bertz CT molecular complexity index is 324. The average Bonchev–Trinajstić information content (AvgIpc) is 2.17. The van der Waals surface area contributed by atoms with E-state index in [1.807, 2.05) is 23.9 Å². The Balaban J connectivity index is 2.20. The van der Waals surface area contributed by atoms with Gasteiger partial charge in [-0.3, -0.25) is 0 Å². The second-order valence-electron chi connectivity index (χ2n) is 3.72. The van der Waals surface area contributed by atoms with Gasteiger partial charge in [-0.05, 0) is 24.3 Å². The molecule has 1 nitrogen and oxygen atoms in total. The summed E-state index contributed by atoms with van der Waals surface area (Å²) in [6.07, 6.45) is 2.32. The molecule has 0 saturated carbocycles. The minimum Gasteiger partial charge on any atom is -0.492 e. The van der Waals surface area contributed by atoms with Gasteiger partial charge in [-0.2, -0.15) is 11.8 Å². The van der Waals surface area contributed by atoms with Gasteiger partial charge in [0.15, 0.2) is 0 Å². The van der Waals surface area contributed by atoms with Crippen molar-refractivity contribution in [3.8, 4) is 5.75 Å². The molecule has 0 bridgehead atoms. The second kappa shape index (κ2) is 3.85. The number of ether oxygens (including phenoxy) is 1. The molecule has 0 amide bonds. The topological polar surface area (TPSA) is 9.23 Å². The largest absolute Gasteiger partial charge is 0.492 e. The predicted molar refractivity (Wildman–Crippen MR) is 61.9 cm³/mol. The van der Waals surface area contributed by atoms with Crippen LogP contribution in [0.1, 0.15) is 19.4 Å². The zero-order valence-electron chi connectivity index (χ0n) is 8.62. The number of hydrogen-bond acceptors (Lipinski definition) is 2. The lowest BCUT2D eigenvalue weighted by Gasteiger charge is -2.33. The molecule has 1 aromatic rings. The van der Waals surface area contributed by atoms with Crippen molar-refractivity contribution in [1.82, 2.24) is 0 Å². The molecule has 1 aromatic carbocycles. The summed E-state index contributed by atoms with van der Waals surface area (Å²) < 4.78 is 5.88. The lowest BCUT2D eigenvalue weighted by atomic mass is 9.98. The first kappa shape index (κ1) is 9.91. The lowest BCUT2D eigenvalue weighted by molar-refractivity contribution is 0.277. The van der Waals surface area contributed by atoms with Gasteiger partial charge in [0.25, 0.3) is 0 Å². The monoisotopic (exact) mass is 207 g/mol. The van der Waals surface area contributed by atoms with Crippen molar-refractivity contribution >= 4 is 11.8 Å². The summed E-state index contributed by atoms with van der Waals surface area (Å²) in [6, 6.07) is 8.22. The van der Waals surface area contributed by atoms with Gasteiger partial charge in [-0.25, -0.2) is 0 Å². The van der Waals surface area contributed by atoms with Gasteiger partial charge >= 0.3 is 0 Å². The predicted octanol–water partition coefficient (Wildman–Crippen LogP) is 3.14. The fraction of sp³-hybridized carbons (Fsp3) is 0.417. The quantitative estimate of drug-likeness (QED) is 0.736. The van der Waals surface area contributed by atoms with E-state index in [9.17, 15) is 0 Å². The van der Waals surface area contributed by atoms with Gasteiger partial charge in [0.2, 0.25) is 0 Å². The first-order valence-corrected chi connectivity index (χ1v) is 5.94. The number of fused-ring (bicyclic) bond motifs is 1. The van der Waals surface area contributed by atoms with E-state index < -0.39 is 0 Å². The van der Waals surface area contributed by atoms with Crippen molar-refractivity contribution in [3.05, 3.63) is 36.2 Å². The van der Waals surface area contributed by atoms with E-state index in [1.165, 1.54) is 5.56 Å². The van der Waals surface area contributed by atoms with Gasteiger partial charge in [0.1, 0.15) is 12.4 Å². The molecule has 1 aliphatic heterocycles. The molecule has 0 aromatic heterocycles. The molecule has 0 fully saturated rings. The molecule has 0 N–H and O–H groups in total. The number of para-hydroxylation sites is 1. The molecule has 1 atom stereocenters. The summed E-state index contributed by atoms with van der Waals surface area (Å²) in [5.74, 6) is 2.14. The minimum absolute atomic E-state index is 0.142. The third-order valence-electron chi connectivity index (χ3n) is 2.37. The van der Waals surface area contributed by atoms with Crippen LogP contribution in [0, 0.1) is 6.42 Å². The maximum absolute atomic E-state index is 5.74. The second-order valence-corrected chi connectivity index (χ2v) is 5.52. The van der Waals surface area contributed by atoms with Crippen molar-refractivity contribution in [2.24, 2.45) is 0 Å². The van der Waals surface area contributed by atoms with Gasteiger partial charge in [-0.1, -0.05) is 25.1 Å². The molecule has 14 heavy (non-hydrogen) atoms. The van der Waals surface area contributed by atoms with Crippen LogP contribution in [-0.2, 0) is 0 Å². The minimum atomic E-state index is 0.142. The zero-order valence-corrected chi connectivity index (χ0v) is 9.43. The molecule has 0 saturated heterocycles. The average molecular weight is 207 g/mol. The van der Waals surface area contributed by atoms with E-state index >= 15 is 0 Å². The molecule has 1 heterocycles. The van der Waals surface area contributed by atoms with E-state index in [0.29, 0.717) is 0 Å².